The molecule has 1 rings (SSSR count). The highest BCUT2D eigenvalue weighted by Gasteiger charge is 2.27. The van der Waals surface area contributed by atoms with Crippen molar-refractivity contribution < 1.29 is 24.2 Å². The molecule has 0 spiro atoms. The number of rotatable bonds is 6. The second kappa shape index (κ2) is 6.44. The van der Waals surface area contributed by atoms with Crippen molar-refractivity contribution in [1.29, 1.82) is 0 Å². The van der Waals surface area contributed by atoms with E-state index in [2.05, 4.69) is 5.32 Å². The zero-order chi connectivity index (χ0) is 12.0. The fourth-order valence-electron chi connectivity index (χ4n) is 1.52. The van der Waals surface area contributed by atoms with Crippen LogP contribution < -0.4 is 5.32 Å². The average Bonchev–Trinajstić information content (AvgIpc) is 2.76. The second-order valence-corrected chi connectivity index (χ2v) is 3.74. The lowest BCUT2D eigenvalue weighted by molar-refractivity contribution is -0.143. The van der Waals surface area contributed by atoms with E-state index in [1.54, 1.807) is 0 Å². The van der Waals surface area contributed by atoms with Gasteiger partial charge < -0.3 is 19.9 Å². The van der Waals surface area contributed by atoms with Crippen LogP contribution in [0.2, 0.25) is 0 Å². The van der Waals surface area contributed by atoms with Crippen LogP contribution in [0, 0.1) is 5.92 Å². The largest absolute Gasteiger partial charge is 0.480 e. The smallest absolute Gasteiger partial charge is 0.326 e. The topological polar surface area (TPSA) is 84.9 Å². The van der Waals surface area contributed by atoms with Gasteiger partial charge in [-0.25, -0.2) is 4.79 Å². The molecule has 2 atom stereocenters. The van der Waals surface area contributed by atoms with E-state index in [4.69, 9.17) is 14.6 Å². The van der Waals surface area contributed by atoms with Gasteiger partial charge in [-0.3, -0.25) is 4.79 Å². The van der Waals surface area contributed by atoms with Crippen molar-refractivity contribution in [3.63, 3.8) is 0 Å². The molecule has 1 heterocycles. The number of ether oxygens (including phenoxy) is 2. The monoisotopic (exact) mass is 231 g/mol. The summed E-state index contributed by atoms with van der Waals surface area (Å²) in [7, 11) is 1.49. The number of carbonyl (C=O) groups excluding carboxylic acids is 1. The van der Waals surface area contributed by atoms with Crippen LogP contribution in [-0.4, -0.2) is 50.0 Å². The molecule has 92 valence electrons. The van der Waals surface area contributed by atoms with Gasteiger partial charge in [0.25, 0.3) is 0 Å². The number of hydrogen-bond acceptors (Lipinski definition) is 4. The van der Waals surface area contributed by atoms with Crippen molar-refractivity contribution in [2.45, 2.75) is 18.9 Å². The van der Waals surface area contributed by atoms with Crippen molar-refractivity contribution in [3.05, 3.63) is 0 Å². The van der Waals surface area contributed by atoms with Gasteiger partial charge in [-0.2, -0.15) is 0 Å². The van der Waals surface area contributed by atoms with Crippen LogP contribution in [-0.2, 0) is 19.1 Å². The fraction of sp³-hybridized carbons (Fsp3) is 0.800. The molecule has 1 aliphatic rings. The predicted octanol–water partition coefficient (Wildman–Crippen LogP) is -0.371. The van der Waals surface area contributed by atoms with Crippen molar-refractivity contribution >= 4 is 11.9 Å². The predicted molar refractivity (Wildman–Crippen MR) is 55.0 cm³/mol. The number of methoxy groups -OCH3 is 1. The quantitative estimate of drug-likeness (QED) is 0.651. The van der Waals surface area contributed by atoms with Crippen LogP contribution in [0.25, 0.3) is 0 Å². The molecule has 16 heavy (non-hydrogen) atoms. The third-order valence-electron chi connectivity index (χ3n) is 2.53. The Labute approximate surface area is 93.9 Å². The van der Waals surface area contributed by atoms with Crippen LogP contribution in [0.3, 0.4) is 0 Å². The van der Waals surface area contributed by atoms with Gasteiger partial charge >= 0.3 is 5.97 Å². The van der Waals surface area contributed by atoms with Crippen molar-refractivity contribution in [1.82, 2.24) is 5.32 Å². The van der Waals surface area contributed by atoms with Crippen LogP contribution >= 0.6 is 0 Å². The molecule has 0 saturated carbocycles. The molecule has 0 aromatic carbocycles. The first-order valence-corrected chi connectivity index (χ1v) is 5.25. The average molecular weight is 231 g/mol. The minimum atomic E-state index is -1.04. The van der Waals surface area contributed by atoms with Crippen molar-refractivity contribution in [2.75, 3.05) is 26.9 Å². The Balaban J connectivity index is 2.40. The number of carboxylic acid groups (broad SMARTS) is 1. The summed E-state index contributed by atoms with van der Waals surface area (Å²) in [6.07, 6.45) is 0.924. The van der Waals surface area contributed by atoms with Gasteiger partial charge in [-0.05, 0) is 6.42 Å². The highest BCUT2D eigenvalue weighted by atomic mass is 16.5. The van der Waals surface area contributed by atoms with E-state index in [-0.39, 0.29) is 18.2 Å². The lowest BCUT2D eigenvalue weighted by atomic mass is 10.1. The number of hydrogen-bond donors (Lipinski definition) is 2. The highest BCUT2D eigenvalue weighted by molar-refractivity contribution is 5.85. The molecule has 0 aromatic heterocycles. The third kappa shape index (κ3) is 3.79. The molecule has 1 saturated heterocycles. The first-order chi connectivity index (χ1) is 7.65. The Morgan fingerprint density at radius 3 is 2.88 bits per heavy atom. The van der Waals surface area contributed by atoms with Crippen LogP contribution in [0.15, 0.2) is 0 Å². The molecule has 0 aliphatic carbocycles. The molecular weight excluding hydrogens is 214 g/mol. The van der Waals surface area contributed by atoms with Crippen molar-refractivity contribution in [2.24, 2.45) is 5.92 Å². The van der Waals surface area contributed by atoms with Gasteiger partial charge in [0, 0.05) is 26.7 Å². The van der Waals surface area contributed by atoms with Gasteiger partial charge in [0.05, 0.1) is 12.5 Å². The lowest BCUT2D eigenvalue weighted by Crippen LogP contribution is -2.44. The van der Waals surface area contributed by atoms with Crippen molar-refractivity contribution in [3.8, 4) is 0 Å². The Kier molecular flexibility index (Phi) is 5.21. The maximum atomic E-state index is 11.6. The lowest BCUT2D eigenvalue weighted by Gasteiger charge is -2.16. The van der Waals surface area contributed by atoms with E-state index >= 15 is 0 Å². The van der Waals surface area contributed by atoms with E-state index in [0.29, 0.717) is 26.2 Å². The van der Waals surface area contributed by atoms with E-state index < -0.39 is 12.0 Å². The zero-order valence-corrected chi connectivity index (χ0v) is 9.27. The van der Waals surface area contributed by atoms with Gasteiger partial charge in [0.1, 0.15) is 6.04 Å². The molecule has 1 aliphatic heterocycles. The van der Waals surface area contributed by atoms with Gasteiger partial charge in [-0.15, -0.1) is 0 Å². The molecule has 0 aromatic rings. The molecule has 2 unspecified atom stereocenters. The molecule has 1 amide bonds. The van der Waals surface area contributed by atoms with E-state index in [1.165, 1.54) is 7.11 Å². The summed E-state index contributed by atoms with van der Waals surface area (Å²) in [5, 5.41) is 11.4. The summed E-state index contributed by atoms with van der Waals surface area (Å²) in [5.74, 6) is -1.50. The maximum Gasteiger partial charge on any atom is 0.326 e. The fourth-order valence-corrected chi connectivity index (χ4v) is 1.52. The summed E-state index contributed by atoms with van der Waals surface area (Å²) < 4.78 is 9.86. The summed E-state index contributed by atoms with van der Waals surface area (Å²) in [4.78, 5) is 22.5. The van der Waals surface area contributed by atoms with Crippen LogP contribution in [0.1, 0.15) is 12.8 Å². The maximum absolute atomic E-state index is 11.6. The first kappa shape index (κ1) is 12.9. The molecule has 6 nitrogen and oxygen atoms in total. The molecule has 6 heteroatoms. The van der Waals surface area contributed by atoms with E-state index in [1.807, 2.05) is 0 Å². The summed E-state index contributed by atoms with van der Waals surface area (Å²) in [6, 6.07) is -0.881. The van der Waals surface area contributed by atoms with Crippen LogP contribution in [0.4, 0.5) is 0 Å². The van der Waals surface area contributed by atoms with E-state index in [0.717, 1.165) is 0 Å². The molecular formula is C10H17NO5. The Hall–Kier alpha value is -1.14. The number of carboxylic acids is 1. The second-order valence-electron chi connectivity index (χ2n) is 3.74. The number of aliphatic carboxylic acids is 1. The minimum absolute atomic E-state index is 0.218. The van der Waals surface area contributed by atoms with Gasteiger partial charge in [0.15, 0.2) is 0 Å². The number of carbonyl (C=O) groups is 2. The van der Waals surface area contributed by atoms with E-state index in [9.17, 15) is 9.59 Å². The molecule has 1 fully saturated rings. The molecule has 0 radical (unpaired) electrons. The minimum Gasteiger partial charge on any atom is -0.480 e. The molecule has 0 bridgehead atoms. The Morgan fingerprint density at radius 1 is 1.62 bits per heavy atom. The van der Waals surface area contributed by atoms with Gasteiger partial charge in [0.2, 0.25) is 5.91 Å². The zero-order valence-electron chi connectivity index (χ0n) is 9.27. The van der Waals surface area contributed by atoms with Gasteiger partial charge in [-0.1, -0.05) is 0 Å². The number of nitrogens with one attached hydrogen (secondary N) is 1. The Bertz CT molecular complexity index is 250. The summed E-state index contributed by atoms with van der Waals surface area (Å²) in [6.45, 7) is 1.24. The highest BCUT2D eigenvalue weighted by Crippen LogP contribution is 2.12. The summed E-state index contributed by atoms with van der Waals surface area (Å²) in [5.41, 5.74) is 0. The van der Waals surface area contributed by atoms with Crippen LogP contribution in [0.5, 0.6) is 0 Å². The summed E-state index contributed by atoms with van der Waals surface area (Å²) >= 11 is 0. The SMILES string of the molecule is COCCC(NC(=O)C1CCOC1)C(=O)O. The normalized spacial score (nSPS) is 21.7. The molecule has 2 N–H and O–H groups in total. The third-order valence-corrected chi connectivity index (χ3v) is 2.53. The standard InChI is InChI=1S/C10H17NO5/c1-15-4-3-8(10(13)14)11-9(12)7-2-5-16-6-7/h7-8H,2-6H2,1H3,(H,11,12)(H,13,14). The Morgan fingerprint density at radius 2 is 2.38 bits per heavy atom. The first-order valence-electron chi connectivity index (χ1n) is 5.25. The number of amides is 1.